The first-order chi connectivity index (χ1) is 26.4. The maximum Gasteiger partial charge on any atom is 0.159 e. The van der Waals surface area contributed by atoms with E-state index in [0.717, 1.165) is 67.4 Å². The van der Waals surface area contributed by atoms with Gasteiger partial charge in [-0.2, -0.15) is 0 Å². The van der Waals surface area contributed by atoms with Gasteiger partial charge in [-0.15, -0.1) is 0 Å². The fourth-order valence-corrected chi connectivity index (χ4v) is 18.1. The maximum absolute atomic E-state index is 16.0. The Labute approximate surface area is 332 Å². The number of hydrogen-bond acceptors (Lipinski definition) is 7. The lowest BCUT2D eigenvalue weighted by Gasteiger charge is -2.77. The van der Waals surface area contributed by atoms with Crippen molar-refractivity contribution in [2.24, 2.45) is 73.4 Å². The molecule has 6 saturated carbocycles. The van der Waals surface area contributed by atoms with Crippen molar-refractivity contribution in [1.29, 1.82) is 0 Å². The summed E-state index contributed by atoms with van der Waals surface area (Å²) in [5, 5.41) is 72.8. The molecule has 0 unspecified atom stereocenters. The first-order valence-corrected chi connectivity index (χ1v) is 22.2. The summed E-state index contributed by atoms with van der Waals surface area (Å²) in [6.07, 6.45) is 18.3. The Morgan fingerprint density at radius 1 is 0.893 bits per heavy atom. The molecule has 0 heterocycles. The third-order valence-electron chi connectivity index (χ3n) is 20.0. The lowest BCUT2D eigenvalue weighted by molar-refractivity contribution is -0.284. The van der Waals surface area contributed by atoms with E-state index >= 15 is 4.79 Å². The maximum atomic E-state index is 16.0. The summed E-state index contributed by atoms with van der Waals surface area (Å²) in [6, 6.07) is 6.23. The number of aliphatic hydroxyl groups excluding tert-OH is 5. The van der Waals surface area contributed by atoms with Crippen LogP contribution < -0.4 is 10.4 Å². The summed E-state index contributed by atoms with van der Waals surface area (Å²) in [4.78, 5) is 16.0. The normalized spacial score (nSPS) is 51.4. The molecular formula is C49H66O7. The van der Waals surface area contributed by atoms with Crippen LogP contribution in [0.1, 0.15) is 123 Å². The first-order valence-electron chi connectivity index (χ1n) is 22.2. The molecule has 2 bridgehead atoms. The quantitative estimate of drug-likeness (QED) is 0.230. The molecule has 0 saturated heterocycles. The van der Waals surface area contributed by atoms with E-state index in [9.17, 15) is 30.6 Å². The van der Waals surface area contributed by atoms with Gasteiger partial charge >= 0.3 is 0 Å². The van der Waals surface area contributed by atoms with Gasteiger partial charge in [0.15, 0.2) is 5.78 Å². The largest absolute Gasteiger partial charge is 0.396 e. The van der Waals surface area contributed by atoms with Crippen LogP contribution >= 0.6 is 0 Å². The van der Waals surface area contributed by atoms with Crippen molar-refractivity contribution in [3.63, 3.8) is 0 Å². The monoisotopic (exact) mass is 766 g/mol. The van der Waals surface area contributed by atoms with Crippen LogP contribution in [0.3, 0.4) is 0 Å². The van der Waals surface area contributed by atoms with Gasteiger partial charge in [0.2, 0.25) is 0 Å². The number of hydrogen-bond donors (Lipinski definition) is 6. The molecule has 16 atom stereocenters. The Morgan fingerprint density at radius 2 is 1.66 bits per heavy atom. The third kappa shape index (κ3) is 4.20. The topological polar surface area (TPSA) is 138 Å². The number of carbonyl (C=O) groups is 1. The van der Waals surface area contributed by atoms with E-state index in [2.05, 4.69) is 57.2 Å². The molecule has 1 aromatic rings. The van der Waals surface area contributed by atoms with Crippen molar-refractivity contribution >= 4 is 17.9 Å². The number of carbonyl (C=O) groups excluding carboxylic acids is 1. The van der Waals surface area contributed by atoms with Crippen LogP contribution in [0.15, 0.2) is 42.0 Å². The zero-order chi connectivity index (χ0) is 39.6. The van der Waals surface area contributed by atoms with Crippen LogP contribution in [0.2, 0.25) is 0 Å². The lowest BCUT2D eigenvalue weighted by atomic mass is 9.27. The Bertz CT molecular complexity index is 2040. The van der Waals surface area contributed by atoms with Gasteiger partial charge in [0.25, 0.3) is 0 Å². The van der Waals surface area contributed by atoms with Crippen LogP contribution in [0, 0.1) is 73.4 Å². The standard InChI is InChI=1S/C49H66O7/c1-28(52)29-8-9-30-20-31-10-15-45-16-12-38-44(5,40(55)24-50)39(54)13-18-48(38,34(31)21-32(30)19-29)41(45)37(53)22-35-36-23-42(2,3)25-46-14-6-7-33(46)11-17-47(56,26-43(35,45)4)49(36,46)27-51/h8-9,11,17,19-22,28,31,33-34,36,38-41,50-52,54-56H,6-7,10,12-16,18,23-27H2,1-5H3/t28-,31+,33+,34-,36-,38+,39+,40-,41+,43-,44+,45-,46-,47-,48-,49-/m1/s1. The van der Waals surface area contributed by atoms with Gasteiger partial charge in [0.1, 0.15) is 0 Å². The van der Waals surface area contributed by atoms with Gasteiger partial charge < -0.3 is 30.6 Å². The Hall–Kier alpha value is -2.13. The Morgan fingerprint density at radius 3 is 2.39 bits per heavy atom. The second-order valence-electron chi connectivity index (χ2n) is 22.2. The average molecular weight is 767 g/mol. The predicted molar refractivity (Wildman–Crippen MR) is 215 cm³/mol. The zero-order valence-corrected chi connectivity index (χ0v) is 34.3. The molecule has 0 amide bonds. The van der Waals surface area contributed by atoms with Crippen LogP contribution in [0.4, 0.5) is 0 Å². The molecule has 7 nitrogen and oxygen atoms in total. The highest BCUT2D eigenvalue weighted by atomic mass is 16.3. The SMILES string of the molecule is C[C@@H](O)c1ccc2c(c1)=C[C@@H]1[C@H](C=2)CC[C@@]23CC[C@H]4[C@](C)([C@H](O)CO)[C@@H](O)CC[C@@]14[C@H]2C(=O)C=C1[C@H]2CC(C)(C)C[C@]45CCC[C@H]4C=C[C@@](O)(C[C@]13C)[C@]25CO. The minimum atomic E-state index is -1.24. The number of fused-ring (bicyclic) bond motifs is 4. The zero-order valence-electron chi connectivity index (χ0n) is 34.3. The van der Waals surface area contributed by atoms with Crippen molar-refractivity contribution in [1.82, 2.24) is 0 Å². The molecule has 1 aromatic carbocycles. The van der Waals surface area contributed by atoms with Crippen molar-refractivity contribution < 1.29 is 35.4 Å². The minimum absolute atomic E-state index is 0.0334. The highest BCUT2D eigenvalue weighted by Gasteiger charge is 2.81. The summed E-state index contributed by atoms with van der Waals surface area (Å²) in [6.45, 7) is 10.3. The minimum Gasteiger partial charge on any atom is -0.396 e. The fourth-order valence-electron chi connectivity index (χ4n) is 18.1. The van der Waals surface area contributed by atoms with E-state index < -0.39 is 63.5 Å². The van der Waals surface area contributed by atoms with Gasteiger partial charge in [0, 0.05) is 16.7 Å². The number of benzene rings is 1. The van der Waals surface area contributed by atoms with E-state index in [1.807, 2.05) is 19.1 Å². The number of allylic oxidation sites excluding steroid dienone is 3. The van der Waals surface area contributed by atoms with Crippen LogP contribution in [0.25, 0.3) is 12.2 Å². The molecule has 7 heteroatoms. The molecule has 0 aliphatic heterocycles. The second-order valence-corrected chi connectivity index (χ2v) is 22.2. The molecule has 6 N–H and O–H groups in total. The summed E-state index contributed by atoms with van der Waals surface area (Å²) >= 11 is 0. The second kappa shape index (κ2) is 11.8. The highest BCUT2D eigenvalue weighted by molar-refractivity contribution is 5.96. The average Bonchev–Trinajstić information content (AvgIpc) is 3.53. The Balaban J connectivity index is 1.24. The summed E-state index contributed by atoms with van der Waals surface area (Å²) in [7, 11) is 0. The summed E-state index contributed by atoms with van der Waals surface area (Å²) in [5.74, 6) is -0.287. The van der Waals surface area contributed by atoms with Crippen molar-refractivity contribution in [3.05, 3.63) is 58.0 Å². The van der Waals surface area contributed by atoms with Crippen molar-refractivity contribution in [3.8, 4) is 0 Å². The molecule has 9 aliphatic rings. The molecule has 10 rings (SSSR count). The van der Waals surface area contributed by atoms with Crippen LogP contribution in [-0.2, 0) is 4.79 Å². The van der Waals surface area contributed by atoms with E-state index in [1.165, 1.54) is 5.57 Å². The molecule has 0 aromatic heterocycles. The predicted octanol–water partition coefficient (Wildman–Crippen LogP) is 5.28. The third-order valence-corrected chi connectivity index (χ3v) is 20.0. The molecule has 304 valence electrons. The van der Waals surface area contributed by atoms with Crippen LogP contribution in [0.5, 0.6) is 0 Å². The van der Waals surface area contributed by atoms with Gasteiger partial charge in [-0.3, -0.25) is 4.79 Å². The number of ketones is 1. The number of aliphatic hydroxyl groups is 6. The number of rotatable bonds is 4. The fraction of sp³-hybridized carbons (Fsp3) is 0.735. The van der Waals surface area contributed by atoms with E-state index in [1.54, 1.807) is 6.92 Å². The molecule has 6 fully saturated rings. The molecule has 0 radical (unpaired) electrons. The van der Waals surface area contributed by atoms with E-state index in [0.29, 0.717) is 31.6 Å². The summed E-state index contributed by atoms with van der Waals surface area (Å²) < 4.78 is 0. The Kier molecular flexibility index (Phi) is 8.02. The molecule has 9 aliphatic carbocycles. The van der Waals surface area contributed by atoms with Gasteiger partial charge in [-0.05, 0) is 162 Å². The van der Waals surface area contributed by atoms with Crippen molar-refractivity contribution in [2.75, 3.05) is 13.2 Å². The highest BCUT2D eigenvalue weighted by Crippen LogP contribution is 2.84. The van der Waals surface area contributed by atoms with Crippen LogP contribution in [-0.4, -0.2) is 67.4 Å². The molecule has 2 spiro atoms. The van der Waals surface area contributed by atoms with Gasteiger partial charge in [0.05, 0.1) is 37.1 Å². The summed E-state index contributed by atoms with van der Waals surface area (Å²) in [5.41, 5.74) is -2.97. The van der Waals surface area contributed by atoms with Crippen molar-refractivity contribution in [2.45, 2.75) is 136 Å². The first kappa shape index (κ1) is 38.1. The van der Waals surface area contributed by atoms with Gasteiger partial charge in [-0.25, -0.2) is 0 Å². The lowest BCUT2D eigenvalue weighted by Crippen LogP contribution is -2.77. The smallest absolute Gasteiger partial charge is 0.159 e. The van der Waals surface area contributed by atoms with Gasteiger partial charge in [-0.1, -0.05) is 76.1 Å². The molecular weight excluding hydrogens is 701 g/mol. The molecule has 56 heavy (non-hydrogen) atoms. The van der Waals surface area contributed by atoms with E-state index in [-0.39, 0.29) is 46.9 Å². The van der Waals surface area contributed by atoms with E-state index in [4.69, 9.17) is 0 Å².